The lowest BCUT2D eigenvalue weighted by atomic mass is 9.94. The van der Waals surface area contributed by atoms with E-state index in [-0.39, 0.29) is 16.0 Å². The third-order valence-electron chi connectivity index (χ3n) is 2.47. The fourth-order valence-corrected chi connectivity index (χ4v) is 1.44. The number of amides is 1. The number of nitrogens with two attached hydrogens (primary N) is 1. The van der Waals surface area contributed by atoms with Crippen molar-refractivity contribution in [2.45, 2.75) is 13.8 Å². The Morgan fingerprint density at radius 2 is 2.18 bits per heavy atom. The average Bonchev–Trinajstić information content (AvgIpc) is 2.26. The van der Waals surface area contributed by atoms with Crippen LogP contribution in [-0.2, 0) is 0 Å². The molecule has 1 aromatic carbocycles. The second-order valence-corrected chi connectivity index (χ2v) is 5.05. The number of carbonyl (C=O) groups excluding carboxylic acids is 1. The first-order chi connectivity index (χ1) is 7.87. The summed E-state index contributed by atoms with van der Waals surface area (Å²) in [6, 6.07) is 4.14. The van der Waals surface area contributed by atoms with Gasteiger partial charge in [-0.1, -0.05) is 31.5 Å². The van der Waals surface area contributed by atoms with Gasteiger partial charge in [0.25, 0.3) is 5.91 Å². The predicted octanol–water partition coefficient (Wildman–Crippen LogP) is 2.19. The highest BCUT2D eigenvalue weighted by atomic mass is 35.5. The molecule has 3 N–H and O–H groups in total. The van der Waals surface area contributed by atoms with Crippen LogP contribution in [0.4, 0.5) is 4.39 Å². The molecule has 0 saturated carbocycles. The predicted molar refractivity (Wildman–Crippen MR) is 66.6 cm³/mol. The summed E-state index contributed by atoms with van der Waals surface area (Å²) in [6.07, 6.45) is 0. The molecular weight excluding hydrogens is 243 g/mol. The van der Waals surface area contributed by atoms with E-state index < -0.39 is 11.7 Å². The van der Waals surface area contributed by atoms with Crippen LogP contribution < -0.4 is 11.1 Å². The van der Waals surface area contributed by atoms with Gasteiger partial charge in [-0.25, -0.2) is 4.39 Å². The number of hydrogen-bond donors (Lipinski definition) is 2. The molecule has 1 aromatic rings. The highest BCUT2D eigenvalue weighted by Crippen LogP contribution is 2.19. The fraction of sp³-hybridized carbons (Fsp3) is 0.417. The lowest BCUT2D eigenvalue weighted by molar-refractivity contribution is 0.0934. The summed E-state index contributed by atoms with van der Waals surface area (Å²) in [6.45, 7) is 4.62. The van der Waals surface area contributed by atoms with Crippen molar-refractivity contribution >= 4 is 17.5 Å². The minimum Gasteiger partial charge on any atom is -0.351 e. The molecule has 0 fully saturated rings. The summed E-state index contributed by atoms with van der Waals surface area (Å²) in [5.41, 5.74) is 5.19. The Balaban J connectivity index is 2.78. The van der Waals surface area contributed by atoms with Crippen molar-refractivity contribution in [1.29, 1.82) is 0 Å². The lowest BCUT2D eigenvalue weighted by Gasteiger charge is -2.22. The number of hydrogen-bond acceptors (Lipinski definition) is 2. The molecule has 0 atom stereocenters. The second-order valence-electron chi connectivity index (χ2n) is 4.65. The molecular formula is C12H16ClFN2O. The molecule has 1 rings (SSSR count). The molecule has 3 nitrogen and oxygen atoms in total. The van der Waals surface area contributed by atoms with E-state index in [2.05, 4.69) is 5.32 Å². The minimum absolute atomic E-state index is 0.105. The Bertz CT molecular complexity index is 401. The van der Waals surface area contributed by atoms with Crippen molar-refractivity contribution < 1.29 is 9.18 Å². The normalized spacial score (nSPS) is 11.4. The summed E-state index contributed by atoms with van der Waals surface area (Å²) in [5.74, 6) is -1.14. The molecule has 5 heteroatoms. The van der Waals surface area contributed by atoms with Crippen LogP contribution in [0.2, 0.25) is 5.02 Å². The highest BCUT2D eigenvalue weighted by molar-refractivity contribution is 6.33. The topological polar surface area (TPSA) is 55.1 Å². The highest BCUT2D eigenvalue weighted by Gasteiger charge is 2.20. The van der Waals surface area contributed by atoms with E-state index in [1.807, 2.05) is 13.8 Å². The van der Waals surface area contributed by atoms with E-state index in [0.717, 1.165) is 0 Å². The van der Waals surface area contributed by atoms with Crippen LogP contribution in [0.15, 0.2) is 18.2 Å². The molecule has 0 aliphatic carbocycles. The van der Waals surface area contributed by atoms with Crippen LogP contribution in [0.1, 0.15) is 24.2 Å². The van der Waals surface area contributed by atoms with Gasteiger partial charge in [0.2, 0.25) is 0 Å². The molecule has 0 heterocycles. The molecule has 0 radical (unpaired) electrons. The summed E-state index contributed by atoms with van der Waals surface area (Å²) < 4.78 is 13.4. The second kappa shape index (κ2) is 5.47. The van der Waals surface area contributed by atoms with E-state index in [1.165, 1.54) is 18.2 Å². The summed E-state index contributed by atoms with van der Waals surface area (Å²) in [5, 5.41) is 2.73. The Hall–Kier alpha value is -1.13. The maximum absolute atomic E-state index is 13.4. The van der Waals surface area contributed by atoms with Crippen LogP contribution >= 0.6 is 11.6 Å². The molecule has 0 unspecified atom stereocenters. The number of benzene rings is 1. The molecule has 17 heavy (non-hydrogen) atoms. The minimum atomic E-state index is -0.624. The van der Waals surface area contributed by atoms with Crippen molar-refractivity contribution in [2.75, 3.05) is 13.1 Å². The molecule has 0 aromatic heterocycles. The zero-order valence-corrected chi connectivity index (χ0v) is 10.6. The van der Waals surface area contributed by atoms with Crippen molar-refractivity contribution in [3.8, 4) is 0 Å². The number of halogens is 2. The summed E-state index contributed by atoms with van der Waals surface area (Å²) in [4.78, 5) is 11.8. The van der Waals surface area contributed by atoms with Crippen LogP contribution in [0.25, 0.3) is 0 Å². The van der Waals surface area contributed by atoms with Gasteiger partial charge >= 0.3 is 0 Å². The Morgan fingerprint density at radius 1 is 1.53 bits per heavy atom. The smallest absolute Gasteiger partial charge is 0.255 e. The average molecular weight is 259 g/mol. The van der Waals surface area contributed by atoms with E-state index in [9.17, 15) is 9.18 Å². The molecule has 1 amide bonds. The monoisotopic (exact) mass is 258 g/mol. The maximum Gasteiger partial charge on any atom is 0.255 e. The van der Waals surface area contributed by atoms with Gasteiger partial charge in [0.05, 0.1) is 10.6 Å². The quantitative estimate of drug-likeness (QED) is 0.870. The van der Waals surface area contributed by atoms with E-state index in [4.69, 9.17) is 17.3 Å². The summed E-state index contributed by atoms with van der Waals surface area (Å²) >= 11 is 5.78. The van der Waals surface area contributed by atoms with E-state index in [1.54, 1.807) is 0 Å². The third kappa shape index (κ3) is 3.68. The van der Waals surface area contributed by atoms with Gasteiger partial charge in [-0.05, 0) is 24.1 Å². The largest absolute Gasteiger partial charge is 0.351 e. The van der Waals surface area contributed by atoms with Gasteiger partial charge in [-0.2, -0.15) is 0 Å². The van der Waals surface area contributed by atoms with Crippen LogP contribution in [0.5, 0.6) is 0 Å². The zero-order valence-electron chi connectivity index (χ0n) is 9.89. The standard InChI is InChI=1S/C12H16ClFN2O/c1-12(2,6-15)7-16-11(17)10-8(13)4-3-5-9(10)14/h3-5H,6-7,15H2,1-2H3,(H,16,17). The Morgan fingerprint density at radius 3 is 2.71 bits per heavy atom. The van der Waals surface area contributed by atoms with Gasteiger partial charge in [-0.15, -0.1) is 0 Å². The summed E-state index contributed by atoms with van der Waals surface area (Å²) in [7, 11) is 0. The van der Waals surface area contributed by atoms with Crippen molar-refractivity contribution in [3.05, 3.63) is 34.6 Å². The lowest BCUT2D eigenvalue weighted by Crippen LogP contribution is -2.38. The Kier molecular flexibility index (Phi) is 4.48. The van der Waals surface area contributed by atoms with Gasteiger partial charge in [0.15, 0.2) is 0 Å². The van der Waals surface area contributed by atoms with Crippen molar-refractivity contribution in [3.63, 3.8) is 0 Å². The molecule has 0 aliphatic rings. The van der Waals surface area contributed by atoms with Crippen LogP contribution in [0, 0.1) is 11.2 Å². The first kappa shape index (κ1) is 13.9. The zero-order chi connectivity index (χ0) is 13.1. The number of rotatable bonds is 4. The SMILES string of the molecule is CC(C)(CN)CNC(=O)c1c(F)cccc1Cl. The number of nitrogens with one attached hydrogen (secondary N) is 1. The van der Waals surface area contributed by atoms with Crippen molar-refractivity contribution in [2.24, 2.45) is 11.1 Å². The van der Waals surface area contributed by atoms with E-state index >= 15 is 0 Å². The van der Waals surface area contributed by atoms with E-state index in [0.29, 0.717) is 13.1 Å². The first-order valence-corrected chi connectivity index (χ1v) is 5.67. The molecule has 0 bridgehead atoms. The Labute approximate surface area is 105 Å². The van der Waals surface area contributed by atoms with Crippen molar-refractivity contribution in [1.82, 2.24) is 5.32 Å². The van der Waals surface area contributed by atoms with Gasteiger partial charge in [0, 0.05) is 6.54 Å². The number of carbonyl (C=O) groups is 1. The molecule has 0 aliphatic heterocycles. The molecule has 0 saturated heterocycles. The van der Waals surface area contributed by atoms with Gasteiger partial charge in [0.1, 0.15) is 5.82 Å². The van der Waals surface area contributed by atoms with Gasteiger partial charge in [-0.3, -0.25) is 4.79 Å². The van der Waals surface area contributed by atoms with Crippen LogP contribution in [0.3, 0.4) is 0 Å². The van der Waals surface area contributed by atoms with Crippen LogP contribution in [-0.4, -0.2) is 19.0 Å². The molecule has 0 spiro atoms. The molecule has 94 valence electrons. The third-order valence-corrected chi connectivity index (χ3v) is 2.78. The maximum atomic E-state index is 13.4. The van der Waals surface area contributed by atoms with Gasteiger partial charge < -0.3 is 11.1 Å². The first-order valence-electron chi connectivity index (χ1n) is 5.30. The fourth-order valence-electron chi connectivity index (χ4n) is 1.19.